The summed E-state index contributed by atoms with van der Waals surface area (Å²) in [7, 11) is 3.74. The van der Waals surface area contributed by atoms with Crippen LogP contribution in [0.25, 0.3) is 0 Å². The minimum Gasteiger partial charge on any atom is -0.355 e. The zero-order valence-electron chi connectivity index (χ0n) is 31.4. The van der Waals surface area contributed by atoms with Gasteiger partial charge in [0, 0.05) is 107 Å². The Morgan fingerprint density at radius 3 is 1.52 bits per heavy atom. The minimum absolute atomic E-state index is 0.0865. The van der Waals surface area contributed by atoms with E-state index in [1.807, 2.05) is 32.6 Å². The van der Waals surface area contributed by atoms with Crippen LogP contribution in [0.15, 0.2) is 55.8 Å². The monoisotopic (exact) mass is 772 g/mol. The topological polar surface area (TPSA) is 159 Å². The molecule has 5 aromatic rings. The molecule has 0 radical (unpaired) electrons. The maximum absolute atomic E-state index is 6.52. The second kappa shape index (κ2) is 13.5. The van der Waals surface area contributed by atoms with E-state index in [-0.39, 0.29) is 21.7 Å². The summed E-state index contributed by atoms with van der Waals surface area (Å²) < 4.78 is 3.46. The van der Waals surface area contributed by atoms with Crippen LogP contribution in [0.3, 0.4) is 0 Å². The molecule has 4 fully saturated rings. The smallest absolute Gasteiger partial charge is 0.229 e. The highest BCUT2D eigenvalue weighted by Crippen LogP contribution is 2.53. The first-order valence-corrected chi connectivity index (χ1v) is 18.8. The van der Waals surface area contributed by atoms with Gasteiger partial charge in [-0.05, 0) is 6.07 Å². The highest BCUT2D eigenvalue weighted by atomic mass is 35.5. The summed E-state index contributed by atoms with van der Waals surface area (Å²) >= 11 is 12.9. The zero-order valence-corrected chi connectivity index (χ0v) is 32.9. The van der Waals surface area contributed by atoms with Crippen molar-refractivity contribution in [2.45, 2.75) is 27.7 Å². The predicted octanol–water partition coefficient (Wildman–Crippen LogP) is 4.79. The molecule has 284 valence electrons. The van der Waals surface area contributed by atoms with Gasteiger partial charge in [0.1, 0.15) is 22.2 Å². The van der Waals surface area contributed by atoms with E-state index in [0.29, 0.717) is 21.9 Å². The number of aromatic nitrogens is 10. The molecule has 16 nitrogen and oxygen atoms in total. The molecule has 0 spiro atoms. The fourth-order valence-corrected chi connectivity index (χ4v) is 8.96. The molecule has 0 saturated carbocycles. The Hall–Kier alpha value is -4.80. The number of halogens is 2. The number of anilines is 7. The lowest BCUT2D eigenvalue weighted by molar-refractivity contribution is 0.212. The summed E-state index contributed by atoms with van der Waals surface area (Å²) in [6.07, 6.45) is 14.0. The van der Waals surface area contributed by atoms with Crippen molar-refractivity contribution in [1.82, 2.24) is 54.8 Å². The lowest BCUT2D eigenvalue weighted by atomic mass is 9.71. The maximum Gasteiger partial charge on any atom is 0.229 e. The highest BCUT2D eigenvalue weighted by molar-refractivity contribution is 6.33. The molecule has 4 aliphatic heterocycles. The van der Waals surface area contributed by atoms with Gasteiger partial charge in [0.2, 0.25) is 11.9 Å². The van der Waals surface area contributed by atoms with Crippen molar-refractivity contribution in [3.63, 3.8) is 0 Å². The second-order valence-corrected chi connectivity index (χ2v) is 17.1. The molecule has 4 atom stereocenters. The Morgan fingerprint density at radius 2 is 1.09 bits per heavy atom. The third-order valence-electron chi connectivity index (χ3n) is 12.0. The number of nitrogens with zero attached hydrogens (tertiary/aromatic N) is 13. The summed E-state index contributed by atoms with van der Waals surface area (Å²) in [5, 5.41) is 19.4. The van der Waals surface area contributed by atoms with Crippen LogP contribution in [-0.4, -0.2) is 102 Å². The van der Waals surface area contributed by atoms with E-state index < -0.39 is 0 Å². The molecule has 0 aliphatic carbocycles. The van der Waals surface area contributed by atoms with Gasteiger partial charge >= 0.3 is 0 Å². The lowest BCUT2D eigenvalue weighted by Gasteiger charge is -2.30. The molecule has 0 aromatic carbocycles. The highest BCUT2D eigenvalue weighted by Gasteiger charge is 2.58. The summed E-state index contributed by atoms with van der Waals surface area (Å²) in [5.41, 5.74) is 2.33. The number of aryl methyl sites for hydroxylation is 2. The van der Waals surface area contributed by atoms with Crippen molar-refractivity contribution >= 4 is 63.9 Å². The number of nitrogens with one attached hydrogen (secondary N) is 3. The number of rotatable bonds is 7. The van der Waals surface area contributed by atoms with Crippen LogP contribution in [0.4, 0.5) is 40.7 Å². The van der Waals surface area contributed by atoms with E-state index in [1.165, 1.54) is 0 Å². The quantitative estimate of drug-likeness (QED) is 0.207. The van der Waals surface area contributed by atoms with Crippen LogP contribution in [0, 0.1) is 21.7 Å². The van der Waals surface area contributed by atoms with Crippen molar-refractivity contribution in [1.29, 1.82) is 0 Å². The van der Waals surface area contributed by atoms with Gasteiger partial charge in [-0.3, -0.25) is 9.36 Å². The van der Waals surface area contributed by atoms with Crippen molar-refractivity contribution < 1.29 is 0 Å². The van der Waals surface area contributed by atoms with Gasteiger partial charge in [-0.2, -0.15) is 20.2 Å². The molecule has 9 heterocycles. The van der Waals surface area contributed by atoms with Crippen LogP contribution in [-0.2, 0) is 14.1 Å². The summed E-state index contributed by atoms with van der Waals surface area (Å²) in [6, 6.07) is 1.98. The normalized spacial score (nSPS) is 27.1. The molecule has 0 amide bonds. The first-order valence-electron chi connectivity index (χ1n) is 18.0. The van der Waals surface area contributed by atoms with Gasteiger partial charge in [0.15, 0.2) is 11.6 Å². The third kappa shape index (κ3) is 6.64. The fraction of sp³-hybridized carbons (Fsp3) is 0.500. The Labute approximate surface area is 324 Å². The summed E-state index contributed by atoms with van der Waals surface area (Å²) in [6.45, 7) is 16.9. The van der Waals surface area contributed by atoms with Crippen molar-refractivity contribution in [2.75, 3.05) is 77.7 Å². The summed E-state index contributed by atoms with van der Waals surface area (Å²) in [4.78, 5) is 33.4. The summed E-state index contributed by atoms with van der Waals surface area (Å²) in [5.74, 6) is 3.60. The molecule has 54 heavy (non-hydrogen) atoms. The van der Waals surface area contributed by atoms with E-state index in [9.17, 15) is 0 Å². The van der Waals surface area contributed by atoms with Crippen LogP contribution >= 0.6 is 23.2 Å². The average Bonchev–Trinajstić information content (AvgIpc) is 3.95. The first kappa shape index (κ1) is 36.2. The molecule has 5 aromatic heterocycles. The predicted molar refractivity (Wildman–Crippen MR) is 211 cm³/mol. The largest absolute Gasteiger partial charge is 0.355 e. The Morgan fingerprint density at radius 1 is 0.630 bits per heavy atom. The molecule has 3 N–H and O–H groups in total. The van der Waals surface area contributed by atoms with Gasteiger partial charge in [0.05, 0.1) is 36.2 Å². The van der Waals surface area contributed by atoms with E-state index in [4.69, 9.17) is 28.2 Å². The molecular weight excluding hydrogens is 727 g/mol. The minimum atomic E-state index is 0.0865. The van der Waals surface area contributed by atoms with Gasteiger partial charge in [-0.25, -0.2) is 19.9 Å². The van der Waals surface area contributed by atoms with Crippen molar-refractivity contribution in [2.24, 2.45) is 35.8 Å². The molecular formula is C36H46Cl2N16. The molecule has 0 bridgehead atoms. The van der Waals surface area contributed by atoms with E-state index in [0.717, 1.165) is 81.2 Å². The second-order valence-electron chi connectivity index (χ2n) is 16.3. The van der Waals surface area contributed by atoms with Gasteiger partial charge in [-0.1, -0.05) is 50.9 Å². The van der Waals surface area contributed by atoms with E-state index in [2.05, 4.69) is 93.5 Å². The molecule has 9 rings (SSSR count). The zero-order chi connectivity index (χ0) is 37.9. The number of fused-ring (bicyclic) bond motifs is 2. The van der Waals surface area contributed by atoms with Gasteiger partial charge < -0.3 is 30.7 Å². The molecule has 4 aliphatic rings. The first-order chi connectivity index (χ1) is 25.7. The molecule has 4 saturated heterocycles. The lowest BCUT2D eigenvalue weighted by Crippen LogP contribution is -2.34. The maximum atomic E-state index is 6.52. The fourth-order valence-electron chi connectivity index (χ4n) is 8.54. The average molecular weight is 774 g/mol. The van der Waals surface area contributed by atoms with Crippen LogP contribution < -0.4 is 30.7 Å². The molecule has 0 unspecified atom stereocenters. The Balaban J connectivity index is 0.000000157. The Kier molecular flexibility index (Phi) is 9.04. The molecule has 18 heteroatoms. The Bertz CT molecular complexity index is 2110. The van der Waals surface area contributed by atoms with E-state index >= 15 is 0 Å². The SMILES string of the molecule is Cn1cc(Nc2ncc(Cl)c(N3C[C@]4(C)CN(c5ccncn5)C[C@]4(C)C3)n2)cn1.Cn1cc(Nc2ncc(Cl)c(N3C[C@]4(C)CNC[C@]4(C)C3)n2)cn1. The van der Waals surface area contributed by atoms with Gasteiger partial charge in [-0.15, -0.1) is 0 Å². The van der Waals surface area contributed by atoms with Crippen LogP contribution in [0.5, 0.6) is 0 Å². The van der Waals surface area contributed by atoms with Crippen LogP contribution in [0.2, 0.25) is 10.0 Å². The number of hydrogen-bond donors (Lipinski definition) is 3. The standard InChI is InChI=1S/C20H24ClN9.C16H22ClN7/c1-19-9-29(16-4-5-22-13-24-16)10-20(19,2)12-30(11-19)17-15(21)7-23-18(27-17)26-14-6-25-28(3)8-14;1-15-7-18-8-16(15,2)10-24(9-15)13-12(17)5-19-14(22-13)21-11-4-20-23(3)6-11/h4-8,13H,9-12H2,1-3H3,(H,23,26,27);4-6,18H,7-10H2,1-3H3,(H,19,21,22)/t19-,20+;15-,16+. The third-order valence-corrected chi connectivity index (χ3v) is 12.6. The van der Waals surface area contributed by atoms with Gasteiger partial charge in [0.25, 0.3) is 0 Å². The van der Waals surface area contributed by atoms with E-state index in [1.54, 1.807) is 46.7 Å². The van der Waals surface area contributed by atoms with Crippen molar-refractivity contribution in [3.05, 3.63) is 65.8 Å². The van der Waals surface area contributed by atoms with Crippen molar-refractivity contribution in [3.8, 4) is 0 Å². The van der Waals surface area contributed by atoms with Crippen LogP contribution in [0.1, 0.15) is 27.7 Å². The number of hydrogen-bond acceptors (Lipinski definition) is 14.